The highest BCUT2D eigenvalue weighted by atomic mass is 16.6. The van der Waals surface area contributed by atoms with Crippen molar-refractivity contribution in [3.63, 3.8) is 0 Å². The lowest BCUT2D eigenvalue weighted by Crippen LogP contribution is -2.45. The molecule has 1 heterocycles. The van der Waals surface area contributed by atoms with Crippen LogP contribution >= 0.6 is 0 Å². The lowest BCUT2D eigenvalue weighted by atomic mass is 9.90. The van der Waals surface area contributed by atoms with Crippen molar-refractivity contribution >= 4 is 18.0 Å². The van der Waals surface area contributed by atoms with Crippen LogP contribution in [0.3, 0.4) is 0 Å². The predicted octanol–water partition coefficient (Wildman–Crippen LogP) is 3.04. The molecule has 1 fully saturated rings. The second kappa shape index (κ2) is 9.61. The topological polar surface area (TPSA) is 113 Å². The Morgan fingerprint density at radius 2 is 1.94 bits per heavy atom. The van der Waals surface area contributed by atoms with Crippen LogP contribution in [-0.2, 0) is 16.0 Å². The number of carboxylic acids is 1. The van der Waals surface area contributed by atoms with Crippen molar-refractivity contribution in [3.05, 3.63) is 65.2 Å². The van der Waals surface area contributed by atoms with Crippen LogP contribution in [0.15, 0.2) is 48.5 Å². The van der Waals surface area contributed by atoms with Crippen LogP contribution in [-0.4, -0.2) is 52.8 Å². The Bertz CT molecular complexity index is 960. The molecule has 8 nitrogen and oxygen atoms in total. The lowest BCUT2D eigenvalue weighted by Gasteiger charge is -2.27. The van der Waals surface area contributed by atoms with E-state index in [2.05, 4.69) is 0 Å². The van der Waals surface area contributed by atoms with Crippen molar-refractivity contribution in [2.24, 2.45) is 5.92 Å². The molecule has 1 saturated heterocycles. The van der Waals surface area contributed by atoms with Gasteiger partial charge in [0, 0.05) is 0 Å². The number of carbonyl (C=O) groups is 3. The number of aliphatic hydroxyl groups is 1. The second-order valence-corrected chi connectivity index (χ2v) is 7.35. The van der Waals surface area contributed by atoms with Crippen LogP contribution in [0.1, 0.15) is 40.9 Å². The van der Waals surface area contributed by atoms with Gasteiger partial charge in [-0.05, 0) is 36.1 Å². The molecule has 3 atom stereocenters. The smallest absolute Gasteiger partial charge is 0.416 e. The van der Waals surface area contributed by atoms with E-state index in [1.807, 2.05) is 30.3 Å². The molecule has 3 rings (SSSR count). The molecular weight excluding hydrogens is 402 g/mol. The number of hydrogen-bond acceptors (Lipinski definition) is 6. The summed E-state index contributed by atoms with van der Waals surface area (Å²) in [6, 6.07) is 13.2. The Morgan fingerprint density at radius 1 is 1.23 bits per heavy atom. The Balaban J connectivity index is 1.85. The van der Waals surface area contributed by atoms with Crippen molar-refractivity contribution < 1.29 is 34.1 Å². The average molecular weight is 427 g/mol. The van der Waals surface area contributed by atoms with Crippen molar-refractivity contribution in [3.8, 4) is 5.75 Å². The highest BCUT2D eigenvalue weighted by molar-refractivity contribution is 5.95. The van der Waals surface area contributed by atoms with Crippen LogP contribution in [0.5, 0.6) is 5.75 Å². The first kappa shape index (κ1) is 22.3. The summed E-state index contributed by atoms with van der Waals surface area (Å²) in [5.74, 6) is -2.56. The number of amides is 2. The van der Waals surface area contributed by atoms with Gasteiger partial charge in [0.1, 0.15) is 17.9 Å². The number of rotatable bonds is 8. The largest absolute Gasteiger partial charge is 0.496 e. The van der Waals surface area contributed by atoms with Gasteiger partial charge in [-0.2, -0.15) is 0 Å². The SMILES string of the molecule is CCC(C(=O)N1C(=O)OCC1Cc1ccccc1)C(O)c1ccc(OC)c(C(=O)O)c1. The molecule has 0 aliphatic carbocycles. The number of ether oxygens (including phenoxy) is 2. The third-order valence-electron chi connectivity index (χ3n) is 5.45. The molecule has 2 N–H and O–H groups in total. The Labute approximate surface area is 180 Å². The van der Waals surface area contributed by atoms with E-state index in [0.717, 1.165) is 10.5 Å². The zero-order valence-corrected chi connectivity index (χ0v) is 17.4. The van der Waals surface area contributed by atoms with Gasteiger partial charge in [-0.25, -0.2) is 14.5 Å². The number of carboxylic acid groups (broad SMARTS) is 1. The fourth-order valence-electron chi connectivity index (χ4n) is 3.79. The molecule has 0 radical (unpaired) electrons. The maximum Gasteiger partial charge on any atom is 0.416 e. The van der Waals surface area contributed by atoms with Gasteiger partial charge >= 0.3 is 12.1 Å². The Hall–Kier alpha value is -3.39. The molecule has 0 saturated carbocycles. The summed E-state index contributed by atoms with van der Waals surface area (Å²) in [7, 11) is 1.35. The number of carbonyl (C=O) groups excluding carboxylic acids is 2. The van der Waals surface area contributed by atoms with Gasteiger partial charge in [-0.15, -0.1) is 0 Å². The number of imide groups is 1. The first-order valence-corrected chi connectivity index (χ1v) is 10.00. The molecule has 1 aliphatic heterocycles. The van der Waals surface area contributed by atoms with Crippen molar-refractivity contribution in [1.82, 2.24) is 4.90 Å². The maximum absolute atomic E-state index is 13.3. The monoisotopic (exact) mass is 427 g/mol. The lowest BCUT2D eigenvalue weighted by molar-refractivity contribution is -0.137. The minimum atomic E-state index is -1.30. The summed E-state index contributed by atoms with van der Waals surface area (Å²) in [5.41, 5.74) is 1.09. The fraction of sp³-hybridized carbons (Fsp3) is 0.348. The predicted molar refractivity (Wildman–Crippen MR) is 111 cm³/mol. The van der Waals surface area contributed by atoms with E-state index < -0.39 is 36.0 Å². The van der Waals surface area contributed by atoms with Gasteiger partial charge in [0.15, 0.2) is 0 Å². The molecule has 0 bridgehead atoms. The number of hydrogen-bond donors (Lipinski definition) is 2. The third-order valence-corrected chi connectivity index (χ3v) is 5.45. The number of methoxy groups -OCH3 is 1. The summed E-state index contributed by atoms with van der Waals surface area (Å²) in [6.45, 7) is 1.80. The Morgan fingerprint density at radius 3 is 2.55 bits per heavy atom. The zero-order chi connectivity index (χ0) is 22.5. The quantitative estimate of drug-likeness (QED) is 0.666. The van der Waals surface area contributed by atoms with Gasteiger partial charge in [0.2, 0.25) is 5.91 Å². The molecule has 31 heavy (non-hydrogen) atoms. The first-order chi connectivity index (χ1) is 14.9. The number of aromatic carboxylic acids is 1. The van der Waals surface area contributed by atoms with E-state index in [0.29, 0.717) is 6.42 Å². The van der Waals surface area contributed by atoms with E-state index >= 15 is 0 Å². The van der Waals surface area contributed by atoms with E-state index in [1.54, 1.807) is 6.92 Å². The highest BCUT2D eigenvalue weighted by Crippen LogP contribution is 2.32. The standard InChI is InChI=1S/C23H25NO7/c1-3-17(20(25)15-9-10-19(30-2)18(12-15)22(27)28)21(26)24-16(13-31-23(24)29)11-14-7-5-4-6-8-14/h4-10,12,16-17,20,25H,3,11,13H2,1-2H3,(H,27,28). The molecule has 1 aliphatic rings. The number of nitrogens with zero attached hydrogens (tertiary/aromatic N) is 1. The Kier molecular flexibility index (Phi) is 6.91. The van der Waals surface area contributed by atoms with Gasteiger partial charge in [0.25, 0.3) is 0 Å². The van der Waals surface area contributed by atoms with Crippen LogP contribution in [0.4, 0.5) is 4.79 Å². The van der Waals surface area contributed by atoms with Gasteiger partial charge in [0.05, 0.1) is 25.2 Å². The van der Waals surface area contributed by atoms with Crippen LogP contribution in [0.2, 0.25) is 0 Å². The molecule has 2 amide bonds. The summed E-state index contributed by atoms with van der Waals surface area (Å²) >= 11 is 0. The summed E-state index contributed by atoms with van der Waals surface area (Å²) in [6.07, 6.45) is -1.35. The van der Waals surface area contributed by atoms with E-state index in [1.165, 1.54) is 25.3 Å². The van der Waals surface area contributed by atoms with E-state index in [9.17, 15) is 24.6 Å². The number of aliphatic hydroxyl groups excluding tert-OH is 1. The molecule has 164 valence electrons. The minimum Gasteiger partial charge on any atom is -0.496 e. The van der Waals surface area contributed by atoms with Gasteiger partial charge in [-0.3, -0.25) is 4.79 Å². The third kappa shape index (κ3) is 4.69. The van der Waals surface area contributed by atoms with Crippen LogP contribution in [0.25, 0.3) is 0 Å². The van der Waals surface area contributed by atoms with E-state index in [4.69, 9.17) is 9.47 Å². The molecule has 2 aromatic carbocycles. The van der Waals surface area contributed by atoms with Crippen LogP contribution in [0, 0.1) is 5.92 Å². The molecule has 2 aromatic rings. The fourth-order valence-corrected chi connectivity index (χ4v) is 3.79. The van der Waals surface area contributed by atoms with Crippen LogP contribution < -0.4 is 4.74 Å². The summed E-state index contributed by atoms with van der Waals surface area (Å²) in [5, 5.41) is 20.3. The molecule has 0 aromatic heterocycles. The number of benzene rings is 2. The molecule has 3 unspecified atom stereocenters. The summed E-state index contributed by atoms with van der Waals surface area (Å²) < 4.78 is 10.2. The van der Waals surface area contributed by atoms with Gasteiger partial charge < -0.3 is 19.7 Å². The molecule has 8 heteroatoms. The maximum atomic E-state index is 13.3. The second-order valence-electron chi connectivity index (χ2n) is 7.35. The van der Waals surface area contributed by atoms with Crippen molar-refractivity contribution in [1.29, 1.82) is 0 Å². The highest BCUT2D eigenvalue weighted by Gasteiger charge is 2.42. The summed E-state index contributed by atoms with van der Waals surface area (Å²) in [4.78, 5) is 38.2. The number of cyclic esters (lactones) is 1. The van der Waals surface area contributed by atoms with E-state index in [-0.39, 0.29) is 29.9 Å². The minimum absolute atomic E-state index is 0.0810. The van der Waals surface area contributed by atoms with Crippen molar-refractivity contribution in [2.75, 3.05) is 13.7 Å². The zero-order valence-electron chi connectivity index (χ0n) is 17.4. The normalized spacial score (nSPS) is 17.7. The first-order valence-electron chi connectivity index (χ1n) is 10.00. The van der Waals surface area contributed by atoms with Gasteiger partial charge in [-0.1, -0.05) is 43.3 Å². The molecule has 0 spiro atoms. The average Bonchev–Trinajstić information content (AvgIpc) is 3.13. The van der Waals surface area contributed by atoms with Crippen molar-refractivity contribution in [2.45, 2.75) is 31.9 Å². The molecular formula is C23H25NO7.